The van der Waals surface area contributed by atoms with E-state index >= 15 is 0 Å². The predicted molar refractivity (Wildman–Crippen MR) is 127 cm³/mol. The van der Waals surface area contributed by atoms with E-state index in [1.807, 2.05) is 26.0 Å². The molecule has 2 N–H and O–H groups in total. The first-order valence-corrected chi connectivity index (χ1v) is 11.8. The number of hydrogen-bond donors (Lipinski definition) is 2. The Labute approximate surface area is 200 Å². The van der Waals surface area contributed by atoms with E-state index in [-0.39, 0.29) is 18.9 Å². The second-order valence-corrected chi connectivity index (χ2v) is 10.4. The molecule has 0 unspecified atom stereocenters. The van der Waals surface area contributed by atoms with E-state index in [0.717, 1.165) is 28.9 Å². The topological polar surface area (TPSA) is 113 Å². The number of carboxylic acid groups (broad SMARTS) is 1. The van der Waals surface area contributed by atoms with Crippen LogP contribution in [-0.2, 0) is 20.7 Å². The van der Waals surface area contributed by atoms with Gasteiger partial charge in [0.05, 0.1) is 11.1 Å². The van der Waals surface area contributed by atoms with Crippen molar-refractivity contribution in [1.82, 2.24) is 10.2 Å². The molecule has 0 radical (unpaired) electrons. The van der Waals surface area contributed by atoms with Crippen LogP contribution in [0.15, 0.2) is 18.2 Å². The minimum Gasteiger partial charge on any atom is -0.480 e. The number of amides is 2. The quantitative estimate of drug-likeness (QED) is 0.420. The number of hydrogen-bond acceptors (Lipinski definition) is 6. The number of benzene rings is 1. The number of nitrogens with zero attached hydrogens (tertiary/aromatic N) is 1. The van der Waals surface area contributed by atoms with E-state index in [2.05, 4.69) is 5.32 Å². The molecule has 1 aromatic carbocycles. The number of allylic oxidation sites excluding steroid dienone is 1. The van der Waals surface area contributed by atoms with Crippen LogP contribution in [0.25, 0.3) is 6.08 Å². The summed E-state index contributed by atoms with van der Waals surface area (Å²) in [7, 11) is 0. The van der Waals surface area contributed by atoms with Gasteiger partial charge in [0.15, 0.2) is 0 Å². The molecule has 0 saturated carbocycles. The van der Waals surface area contributed by atoms with Gasteiger partial charge in [0.25, 0.3) is 11.8 Å². The fourth-order valence-electron chi connectivity index (χ4n) is 4.28. The number of aryl methyl sites for hydroxylation is 1. The van der Waals surface area contributed by atoms with E-state index in [9.17, 15) is 24.3 Å². The van der Waals surface area contributed by atoms with Gasteiger partial charge in [-0.15, -0.1) is 0 Å². The molecule has 0 bridgehead atoms. The van der Waals surface area contributed by atoms with Crippen LogP contribution < -0.4 is 5.32 Å². The zero-order valence-corrected chi connectivity index (χ0v) is 20.5. The van der Waals surface area contributed by atoms with Gasteiger partial charge in [-0.25, -0.2) is 0 Å². The number of esters is 1. The van der Waals surface area contributed by atoms with E-state index in [1.54, 1.807) is 32.9 Å². The van der Waals surface area contributed by atoms with E-state index in [4.69, 9.17) is 4.74 Å². The summed E-state index contributed by atoms with van der Waals surface area (Å²) in [5, 5.41) is 12.5. The molecule has 2 amide bonds. The molecule has 3 rings (SSSR count). The number of carbonyl (C=O) groups excluding carboxylic acids is 3. The molecule has 1 heterocycles. The first-order chi connectivity index (χ1) is 15.9. The van der Waals surface area contributed by atoms with Gasteiger partial charge in [0.2, 0.25) is 0 Å². The number of fused-ring (bicyclic) bond motifs is 2. The summed E-state index contributed by atoms with van der Waals surface area (Å²) >= 11 is 0. The van der Waals surface area contributed by atoms with Gasteiger partial charge in [-0.2, -0.15) is 0 Å². The van der Waals surface area contributed by atoms with Crippen molar-refractivity contribution in [2.75, 3.05) is 6.54 Å². The van der Waals surface area contributed by atoms with Gasteiger partial charge in [0, 0.05) is 6.54 Å². The number of rotatable bonds is 9. The Bertz CT molecular complexity index is 1020. The average molecular weight is 471 g/mol. The fourth-order valence-corrected chi connectivity index (χ4v) is 4.28. The normalized spacial score (nSPS) is 16.9. The number of ether oxygens (including phenoxy) is 1. The number of nitrogens with one attached hydrogen (secondary N) is 1. The summed E-state index contributed by atoms with van der Waals surface area (Å²) in [6.07, 6.45) is 6.08. The lowest BCUT2D eigenvalue weighted by molar-refractivity contribution is -0.158. The standard InChI is InChI=1S/C26H34N2O6/c1-15(2)12-21(24(31)32)27-20(25(33)34-26(3,4)5)10-11-28-22(29)18-13-16-8-6-7-9-17(16)14-19(18)23(28)30/h6,8,13-15,20-21,27H,7,9-12H2,1-5H3,(H,31,32)/t20-,21+/m1/s1. The summed E-state index contributed by atoms with van der Waals surface area (Å²) in [6.45, 7) is 8.94. The highest BCUT2D eigenvalue weighted by Crippen LogP contribution is 2.30. The molecule has 2 aliphatic rings. The highest BCUT2D eigenvalue weighted by Gasteiger charge is 2.38. The monoisotopic (exact) mass is 470 g/mol. The average Bonchev–Trinajstić information content (AvgIpc) is 2.96. The van der Waals surface area contributed by atoms with Crippen molar-refractivity contribution in [2.45, 2.75) is 78.0 Å². The summed E-state index contributed by atoms with van der Waals surface area (Å²) < 4.78 is 5.49. The highest BCUT2D eigenvalue weighted by atomic mass is 16.6. The zero-order chi connectivity index (χ0) is 25.2. The van der Waals surface area contributed by atoms with Crippen molar-refractivity contribution in [2.24, 2.45) is 5.92 Å². The van der Waals surface area contributed by atoms with Gasteiger partial charge in [-0.3, -0.25) is 29.4 Å². The molecule has 184 valence electrons. The van der Waals surface area contributed by atoms with Gasteiger partial charge >= 0.3 is 11.9 Å². The van der Waals surface area contributed by atoms with Crippen LogP contribution in [-0.4, -0.2) is 58.0 Å². The van der Waals surface area contributed by atoms with Crippen molar-refractivity contribution in [3.8, 4) is 0 Å². The molecular formula is C26H34N2O6. The summed E-state index contributed by atoms with van der Waals surface area (Å²) in [5.74, 6) is -2.38. The summed E-state index contributed by atoms with van der Waals surface area (Å²) in [5.41, 5.74) is 1.95. The van der Waals surface area contributed by atoms with Crippen LogP contribution in [0.5, 0.6) is 0 Å². The third kappa shape index (κ3) is 5.91. The molecule has 0 saturated heterocycles. The number of imide groups is 1. The largest absolute Gasteiger partial charge is 0.480 e. The molecule has 2 atom stereocenters. The molecule has 8 heteroatoms. The molecule has 0 aromatic heterocycles. The van der Waals surface area contributed by atoms with E-state index < -0.39 is 41.4 Å². The van der Waals surface area contributed by atoms with E-state index in [0.29, 0.717) is 17.5 Å². The van der Waals surface area contributed by atoms with Crippen molar-refractivity contribution in [1.29, 1.82) is 0 Å². The lowest BCUT2D eigenvalue weighted by atomic mass is 9.93. The highest BCUT2D eigenvalue weighted by molar-refractivity contribution is 6.21. The first kappa shape index (κ1) is 25.6. The van der Waals surface area contributed by atoms with Crippen molar-refractivity contribution in [3.63, 3.8) is 0 Å². The Morgan fingerprint density at radius 3 is 2.35 bits per heavy atom. The smallest absolute Gasteiger partial charge is 0.323 e. The number of aliphatic carboxylic acids is 1. The summed E-state index contributed by atoms with van der Waals surface area (Å²) in [6, 6.07) is 1.60. The Hall–Kier alpha value is -3.00. The Kier molecular flexibility index (Phi) is 7.60. The van der Waals surface area contributed by atoms with Crippen molar-refractivity contribution in [3.05, 3.63) is 40.5 Å². The second kappa shape index (κ2) is 10.1. The zero-order valence-electron chi connectivity index (χ0n) is 20.5. The third-order valence-electron chi connectivity index (χ3n) is 5.85. The van der Waals surface area contributed by atoms with Gasteiger partial charge in [-0.05, 0) is 75.6 Å². The van der Waals surface area contributed by atoms with Crippen LogP contribution in [0.1, 0.15) is 85.7 Å². The maximum absolute atomic E-state index is 13.0. The third-order valence-corrected chi connectivity index (χ3v) is 5.85. The number of carboxylic acids is 1. The van der Waals surface area contributed by atoms with Crippen LogP contribution in [0, 0.1) is 5.92 Å². The molecule has 1 aromatic rings. The van der Waals surface area contributed by atoms with Crippen molar-refractivity contribution >= 4 is 29.8 Å². The lowest BCUT2D eigenvalue weighted by Gasteiger charge is -2.28. The molecule has 8 nitrogen and oxygen atoms in total. The second-order valence-electron chi connectivity index (χ2n) is 10.4. The molecule has 0 spiro atoms. The van der Waals surface area contributed by atoms with Crippen LogP contribution in [0.4, 0.5) is 0 Å². The Morgan fingerprint density at radius 1 is 1.12 bits per heavy atom. The summed E-state index contributed by atoms with van der Waals surface area (Å²) in [4.78, 5) is 51.9. The molecule has 1 aliphatic carbocycles. The molecule has 1 aliphatic heterocycles. The molecule has 0 fully saturated rings. The van der Waals surface area contributed by atoms with Crippen LogP contribution in [0.2, 0.25) is 0 Å². The SMILES string of the molecule is CC(C)C[C@H](N[C@H](CCN1C(=O)c2cc3c(cc2C1=O)CCC=C3)C(=O)OC(C)(C)C)C(=O)O. The van der Waals surface area contributed by atoms with Gasteiger partial charge in [0.1, 0.15) is 17.7 Å². The molecule has 34 heavy (non-hydrogen) atoms. The number of carbonyl (C=O) groups is 4. The minimum atomic E-state index is -1.07. The predicted octanol–water partition coefficient (Wildman–Crippen LogP) is 3.43. The maximum atomic E-state index is 13.0. The maximum Gasteiger partial charge on any atom is 0.323 e. The van der Waals surface area contributed by atoms with Gasteiger partial charge < -0.3 is 9.84 Å². The molecular weight excluding hydrogens is 436 g/mol. The lowest BCUT2D eigenvalue weighted by Crippen LogP contribution is -2.51. The van der Waals surface area contributed by atoms with E-state index in [1.165, 1.54) is 0 Å². The first-order valence-electron chi connectivity index (χ1n) is 11.8. The van der Waals surface area contributed by atoms with Crippen molar-refractivity contribution < 1.29 is 29.0 Å². The Morgan fingerprint density at radius 2 is 1.76 bits per heavy atom. The van der Waals surface area contributed by atoms with Crippen LogP contribution in [0.3, 0.4) is 0 Å². The van der Waals surface area contributed by atoms with Gasteiger partial charge in [-0.1, -0.05) is 26.0 Å². The fraction of sp³-hybridized carbons (Fsp3) is 0.538. The van der Waals surface area contributed by atoms with Crippen LogP contribution >= 0.6 is 0 Å². The Balaban J connectivity index is 1.78. The minimum absolute atomic E-state index is 0.0300.